The minimum atomic E-state index is -8.10. The van der Waals surface area contributed by atoms with Crippen LogP contribution in [-0.2, 0) is 23.7 Å². The number of alkyl halides is 27. The van der Waals surface area contributed by atoms with Crippen LogP contribution in [-0.4, -0.2) is 117 Å². The highest BCUT2D eigenvalue weighted by Gasteiger charge is 2.88. The lowest BCUT2D eigenvalue weighted by molar-refractivity contribution is -0.474. The molecule has 0 aliphatic rings. The SMILES string of the molecule is O=C(O)COCC(COC(C(F)(F)F)(C(F)(F)F)C(F)(F)F)(COC(C(F)(F)F)(C(F)(F)F)C(F)(F)F)COC(C(F)(F)F)(C(F)(F)F)C(F)(F)F. The van der Waals surface area contributed by atoms with Gasteiger partial charge in [-0.2, -0.15) is 119 Å². The molecule has 33 heteroatoms. The molecule has 0 heterocycles. The molecule has 0 radical (unpaired) electrons. The third-order valence-corrected chi connectivity index (χ3v) is 6.01. The molecule has 0 atom stereocenters. The number of carboxylic acids is 1. The number of ether oxygens (including phenoxy) is 4. The average Bonchev–Trinajstić information content (AvgIpc) is 2.76. The molecular weight excluding hydrogens is 837 g/mol. The molecule has 0 rings (SSSR count). The van der Waals surface area contributed by atoms with Gasteiger partial charge >= 0.3 is 78.4 Å². The zero-order valence-corrected chi connectivity index (χ0v) is 23.2. The minimum absolute atomic E-state index is 2.42. The third-order valence-electron chi connectivity index (χ3n) is 6.01. The molecule has 0 spiro atoms. The molecule has 0 aliphatic heterocycles. The molecule has 6 nitrogen and oxygen atoms in total. The van der Waals surface area contributed by atoms with E-state index in [1.165, 1.54) is 0 Å². The van der Waals surface area contributed by atoms with Crippen LogP contribution >= 0.6 is 0 Å². The normalized spacial score (nSPS) is 16.1. The van der Waals surface area contributed by atoms with Crippen LogP contribution in [0.4, 0.5) is 119 Å². The molecule has 0 bridgehead atoms. The van der Waals surface area contributed by atoms with E-state index in [1.54, 1.807) is 0 Å². The number of hydrogen-bond acceptors (Lipinski definition) is 5. The van der Waals surface area contributed by atoms with Crippen LogP contribution in [0.25, 0.3) is 0 Å². The van der Waals surface area contributed by atoms with E-state index in [0.29, 0.717) is 0 Å². The second kappa shape index (κ2) is 14.2. The Hall–Kier alpha value is -2.58. The Morgan fingerprint density at radius 1 is 0.346 bits per heavy atom. The zero-order valence-electron chi connectivity index (χ0n) is 23.2. The van der Waals surface area contributed by atoms with Gasteiger partial charge in [-0.25, -0.2) is 4.79 Å². The molecule has 52 heavy (non-hydrogen) atoms. The van der Waals surface area contributed by atoms with E-state index in [-0.39, 0.29) is 0 Å². The quantitative estimate of drug-likeness (QED) is 0.188. The Bertz CT molecular complexity index is 951. The molecule has 0 aromatic carbocycles. The van der Waals surface area contributed by atoms with Crippen molar-refractivity contribution in [3.05, 3.63) is 0 Å². The second-order valence-electron chi connectivity index (χ2n) is 9.78. The second-order valence-corrected chi connectivity index (χ2v) is 9.78. The van der Waals surface area contributed by atoms with Crippen molar-refractivity contribution in [2.24, 2.45) is 5.41 Å². The van der Waals surface area contributed by atoms with Crippen molar-refractivity contribution >= 4 is 5.97 Å². The molecule has 0 aliphatic carbocycles. The van der Waals surface area contributed by atoms with E-state index in [2.05, 4.69) is 18.9 Å². The number of rotatable bonds is 13. The van der Waals surface area contributed by atoms with Gasteiger partial charge in [-0.05, 0) is 0 Å². The van der Waals surface area contributed by atoms with Crippen LogP contribution in [0.1, 0.15) is 0 Å². The van der Waals surface area contributed by atoms with Gasteiger partial charge in [-0.15, -0.1) is 0 Å². The van der Waals surface area contributed by atoms with Crippen molar-refractivity contribution in [2.45, 2.75) is 72.4 Å². The van der Waals surface area contributed by atoms with Gasteiger partial charge < -0.3 is 24.1 Å². The van der Waals surface area contributed by atoms with Gasteiger partial charge in [0.2, 0.25) is 0 Å². The first-order valence-electron chi connectivity index (χ1n) is 11.6. The Morgan fingerprint density at radius 3 is 0.654 bits per heavy atom. The Morgan fingerprint density at radius 2 is 0.519 bits per heavy atom. The van der Waals surface area contributed by atoms with Gasteiger partial charge in [0.15, 0.2) is 0 Å². The lowest BCUT2D eigenvalue weighted by Gasteiger charge is -2.45. The Kier molecular flexibility index (Phi) is 13.5. The highest BCUT2D eigenvalue weighted by atomic mass is 19.5. The molecule has 0 aromatic rings. The van der Waals surface area contributed by atoms with E-state index in [9.17, 15) is 123 Å². The molecule has 312 valence electrons. The van der Waals surface area contributed by atoms with Crippen LogP contribution in [0.15, 0.2) is 0 Å². The predicted octanol–water partition coefficient (Wildman–Crippen LogP) is 8.40. The zero-order chi connectivity index (χ0) is 42.4. The fourth-order valence-electron chi connectivity index (χ4n) is 3.57. The molecular formula is C19H11F27O6. The summed E-state index contributed by atoms with van der Waals surface area (Å²) < 4.78 is 372. The Balaban J connectivity index is 8.35. The molecule has 0 saturated heterocycles. The summed E-state index contributed by atoms with van der Waals surface area (Å²) in [5, 5.41) is 8.49. The number of aliphatic carboxylic acids is 1. The Labute approximate surface area is 265 Å². The predicted molar refractivity (Wildman–Crippen MR) is 101 cm³/mol. The number of carboxylic acid groups (broad SMARTS) is 1. The van der Waals surface area contributed by atoms with Crippen molar-refractivity contribution in [2.75, 3.05) is 33.0 Å². The minimum Gasteiger partial charge on any atom is -0.480 e. The van der Waals surface area contributed by atoms with Gasteiger partial charge in [-0.3, -0.25) is 0 Å². The summed E-state index contributed by atoms with van der Waals surface area (Å²) in [6.07, 6.45) is -72.9. The molecule has 0 amide bonds. The maximum Gasteiger partial charge on any atom is 0.435 e. The summed E-state index contributed by atoms with van der Waals surface area (Å²) in [6, 6.07) is 0. The van der Waals surface area contributed by atoms with E-state index in [1.807, 2.05) is 0 Å². The van der Waals surface area contributed by atoms with Crippen molar-refractivity contribution in [1.29, 1.82) is 0 Å². The largest absolute Gasteiger partial charge is 0.480 e. The van der Waals surface area contributed by atoms with E-state index < -0.39 is 117 Å². The van der Waals surface area contributed by atoms with Crippen molar-refractivity contribution in [3.63, 3.8) is 0 Å². The standard InChI is InChI=1S/C19H11F27O6/c20-11(21,22)8(12(23,24)25,13(26,27)28)50-3-7(2-49-1-6(47)48,4-51-9(14(29,30)31,15(32,33)34)16(35,36)37)5-52-10(17(38,39)40,18(41,42)43)19(44,45)46/h1-5H2,(H,47,48). The fourth-order valence-corrected chi connectivity index (χ4v) is 3.57. The van der Waals surface area contributed by atoms with Gasteiger partial charge in [0.05, 0.1) is 31.8 Å². The van der Waals surface area contributed by atoms with Crippen molar-refractivity contribution in [3.8, 4) is 0 Å². The smallest absolute Gasteiger partial charge is 0.435 e. The molecule has 0 fully saturated rings. The first-order valence-corrected chi connectivity index (χ1v) is 11.6. The van der Waals surface area contributed by atoms with Crippen LogP contribution in [0.2, 0.25) is 0 Å². The van der Waals surface area contributed by atoms with Crippen molar-refractivity contribution in [1.82, 2.24) is 0 Å². The molecule has 1 N–H and O–H groups in total. The highest BCUT2D eigenvalue weighted by molar-refractivity contribution is 5.68. The summed E-state index contributed by atoms with van der Waals surface area (Å²) in [6.45, 7) is -18.0. The van der Waals surface area contributed by atoms with Crippen LogP contribution in [0.3, 0.4) is 0 Å². The maximum absolute atomic E-state index is 13.4. The monoisotopic (exact) mass is 848 g/mol. The highest BCUT2D eigenvalue weighted by Crippen LogP contribution is 2.59. The van der Waals surface area contributed by atoms with Crippen LogP contribution < -0.4 is 0 Å². The number of carbonyl (C=O) groups is 1. The van der Waals surface area contributed by atoms with E-state index >= 15 is 0 Å². The van der Waals surface area contributed by atoms with Gasteiger partial charge in [0.1, 0.15) is 6.61 Å². The summed E-state index contributed by atoms with van der Waals surface area (Å²) >= 11 is 0. The summed E-state index contributed by atoms with van der Waals surface area (Å²) in [7, 11) is 0. The van der Waals surface area contributed by atoms with E-state index in [0.717, 1.165) is 0 Å². The number of hydrogen-bond donors (Lipinski definition) is 1. The lowest BCUT2D eigenvalue weighted by atomic mass is 9.89. The third kappa shape index (κ3) is 9.02. The van der Waals surface area contributed by atoms with Crippen LogP contribution in [0.5, 0.6) is 0 Å². The van der Waals surface area contributed by atoms with Gasteiger partial charge in [0.25, 0.3) is 0 Å². The van der Waals surface area contributed by atoms with Crippen LogP contribution in [0, 0.1) is 5.41 Å². The van der Waals surface area contributed by atoms with Gasteiger partial charge in [-0.1, -0.05) is 0 Å². The van der Waals surface area contributed by atoms with Gasteiger partial charge in [0, 0.05) is 0 Å². The lowest BCUT2D eigenvalue weighted by Crippen LogP contribution is -2.71. The average molecular weight is 848 g/mol. The summed E-state index contributed by atoms with van der Waals surface area (Å²) in [4.78, 5) is 10.7. The topological polar surface area (TPSA) is 74.2 Å². The first-order chi connectivity index (χ1) is 22.3. The fraction of sp³-hybridized carbons (Fsp3) is 0.947. The molecule has 0 unspecified atom stereocenters. The molecule has 0 saturated carbocycles. The van der Waals surface area contributed by atoms with Crippen molar-refractivity contribution < 1.29 is 147 Å². The first kappa shape index (κ1) is 49.4. The van der Waals surface area contributed by atoms with E-state index in [4.69, 9.17) is 5.11 Å². The maximum atomic E-state index is 13.4. The number of halogens is 27. The molecule has 0 aromatic heterocycles. The summed E-state index contributed by atoms with van der Waals surface area (Å²) in [5.74, 6) is -2.63. The summed E-state index contributed by atoms with van der Waals surface area (Å²) in [5.41, 5.74) is -29.2.